The number of carboxylic acids is 1. The summed E-state index contributed by atoms with van der Waals surface area (Å²) in [6.45, 7) is 4.46. The average molecular weight is 270 g/mol. The summed E-state index contributed by atoms with van der Waals surface area (Å²) in [7, 11) is 0. The number of carbonyl (C=O) groups excluding carboxylic acids is 1. The minimum Gasteiger partial charge on any atom is -0.480 e. The van der Waals surface area contributed by atoms with Crippen LogP contribution < -0.4 is 11.1 Å². The molecule has 1 saturated carbocycles. The number of nitrogens with one attached hydrogen (secondary N) is 1. The van der Waals surface area contributed by atoms with E-state index in [1.54, 1.807) is 0 Å². The van der Waals surface area contributed by atoms with Crippen molar-refractivity contribution in [1.29, 1.82) is 0 Å². The smallest absolute Gasteiger partial charge is 0.326 e. The highest BCUT2D eigenvalue weighted by molar-refractivity contribution is 5.85. The molecule has 0 aromatic carbocycles. The van der Waals surface area contributed by atoms with Crippen LogP contribution in [-0.2, 0) is 9.59 Å². The first kappa shape index (κ1) is 16.0. The summed E-state index contributed by atoms with van der Waals surface area (Å²) in [5.41, 5.74) is 5.62. The summed E-state index contributed by atoms with van der Waals surface area (Å²) >= 11 is 0. The number of carboxylic acid groups (broad SMARTS) is 1. The Labute approximate surface area is 114 Å². The van der Waals surface area contributed by atoms with E-state index in [4.69, 9.17) is 5.73 Å². The van der Waals surface area contributed by atoms with Crippen LogP contribution in [-0.4, -0.2) is 29.6 Å². The zero-order valence-electron chi connectivity index (χ0n) is 11.9. The second kappa shape index (κ2) is 7.48. The quantitative estimate of drug-likeness (QED) is 0.679. The molecule has 1 fully saturated rings. The minimum atomic E-state index is -0.946. The van der Waals surface area contributed by atoms with Gasteiger partial charge in [0, 0.05) is 5.92 Å². The molecule has 2 atom stereocenters. The summed E-state index contributed by atoms with van der Waals surface area (Å²) in [4.78, 5) is 23.3. The number of carbonyl (C=O) groups is 2. The van der Waals surface area contributed by atoms with Crippen LogP contribution in [0.4, 0.5) is 0 Å². The molecule has 0 radical (unpaired) electrons. The lowest BCUT2D eigenvalue weighted by Gasteiger charge is -2.29. The van der Waals surface area contributed by atoms with Gasteiger partial charge in [-0.3, -0.25) is 4.79 Å². The highest BCUT2D eigenvalue weighted by Crippen LogP contribution is 2.28. The summed E-state index contributed by atoms with van der Waals surface area (Å²) in [6.07, 6.45) is 4.31. The first-order valence-electron chi connectivity index (χ1n) is 7.22. The van der Waals surface area contributed by atoms with E-state index in [0.29, 0.717) is 12.5 Å². The van der Waals surface area contributed by atoms with Gasteiger partial charge in [-0.25, -0.2) is 4.79 Å². The highest BCUT2D eigenvalue weighted by atomic mass is 16.4. The van der Waals surface area contributed by atoms with E-state index >= 15 is 0 Å². The van der Waals surface area contributed by atoms with Gasteiger partial charge in [0.2, 0.25) is 5.91 Å². The number of amides is 1. The third kappa shape index (κ3) is 4.49. The predicted molar refractivity (Wildman–Crippen MR) is 73.5 cm³/mol. The Morgan fingerprint density at radius 1 is 1.32 bits per heavy atom. The SMILES string of the molecule is CC[C@H](C)[C@H](NC(=O)C1CCC(CN)CC1)C(=O)O. The van der Waals surface area contributed by atoms with Gasteiger partial charge < -0.3 is 16.2 Å². The normalized spacial score (nSPS) is 26.5. The van der Waals surface area contributed by atoms with Crippen molar-refractivity contribution in [2.75, 3.05) is 6.54 Å². The molecule has 110 valence electrons. The Bertz CT molecular complexity index is 312. The van der Waals surface area contributed by atoms with Crippen molar-refractivity contribution in [3.8, 4) is 0 Å². The zero-order valence-corrected chi connectivity index (χ0v) is 11.9. The van der Waals surface area contributed by atoms with Crippen molar-refractivity contribution in [2.45, 2.75) is 52.0 Å². The van der Waals surface area contributed by atoms with E-state index in [0.717, 1.165) is 32.1 Å². The van der Waals surface area contributed by atoms with Crippen molar-refractivity contribution >= 4 is 11.9 Å². The Morgan fingerprint density at radius 2 is 1.89 bits per heavy atom. The Kier molecular flexibility index (Phi) is 6.28. The Hall–Kier alpha value is -1.10. The molecule has 0 bridgehead atoms. The van der Waals surface area contributed by atoms with Gasteiger partial charge in [-0.2, -0.15) is 0 Å². The number of rotatable bonds is 6. The van der Waals surface area contributed by atoms with Crippen molar-refractivity contribution in [1.82, 2.24) is 5.32 Å². The maximum Gasteiger partial charge on any atom is 0.326 e. The van der Waals surface area contributed by atoms with Crippen molar-refractivity contribution in [2.24, 2.45) is 23.5 Å². The molecule has 1 aliphatic rings. The molecule has 4 N–H and O–H groups in total. The molecule has 1 aliphatic carbocycles. The number of nitrogens with two attached hydrogens (primary N) is 1. The first-order chi connectivity index (χ1) is 8.99. The molecule has 5 nitrogen and oxygen atoms in total. The molecule has 0 aromatic rings. The van der Waals surface area contributed by atoms with E-state index in [2.05, 4.69) is 5.32 Å². The van der Waals surface area contributed by atoms with E-state index in [1.165, 1.54) is 0 Å². The summed E-state index contributed by atoms with van der Waals surface area (Å²) in [5, 5.41) is 11.9. The minimum absolute atomic E-state index is 0.0475. The molecule has 0 unspecified atom stereocenters. The van der Waals surface area contributed by atoms with Crippen LogP contribution in [0, 0.1) is 17.8 Å². The van der Waals surface area contributed by atoms with Gasteiger partial charge >= 0.3 is 5.97 Å². The third-order valence-corrected chi connectivity index (χ3v) is 4.33. The third-order valence-electron chi connectivity index (χ3n) is 4.33. The fourth-order valence-electron chi connectivity index (χ4n) is 2.61. The topological polar surface area (TPSA) is 92.4 Å². The van der Waals surface area contributed by atoms with Gasteiger partial charge in [0.15, 0.2) is 0 Å². The van der Waals surface area contributed by atoms with E-state index < -0.39 is 12.0 Å². The largest absolute Gasteiger partial charge is 0.480 e. The second-order valence-corrected chi connectivity index (χ2v) is 5.66. The zero-order chi connectivity index (χ0) is 14.4. The van der Waals surface area contributed by atoms with E-state index in [-0.39, 0.29) is 17.7 Å². The lowest BCUT2D eigenvalue weighted by Crippen LogP contribution is -2.47. The predicted octanol–water partition coefficient (Wildman–Crippen LogP) is 1.37. The van der Waals surface area contributed by atoms with Crippen LogP contribution in [0.25, 0.3) is 0 Å². The molecule has 1 amide bonds. The van der Waals surface area contributed by atoms with Gasteiger partial charge in [-0.15, -0.1) is 0 Å². The molecule has 19 heavy (non-hydrogen) atoms. The standard InChI is InChI=1S/C14H26N2O3/c1-3-9(2)12(14(18)19)16-13(17)11-6-4-10(8-15)5-7-11/h9-12H,3-8,15H2,1-2H3,(H,16,17)(H,18,19)/t9-,10?,11?,12-/m0/s1. The first-order valence-corrected chi connectivity index (χ1v) is 7.22. The van der Waals surface area contributed by atoms with Gasteiger partial charge in [-0.1, -0.05) is 20.3 Å². The lowest BCUT2D eigenvalue weighted by atomic mass is 9.81. The lowest BCUT2D eigenvalue weighted by molar-refractivity contribution is -0.144. The summed E-state index contributed by atoms with van der Waals surface area (Å²) in [5.74, 6) is -0.633. The molecule has 0 aromatic heterocycles. The number of hydrogen-bond acceptors (Lipinski definition) is 3. The molecule has 0 heterocycles. The van der Waals surface area contributed by atoms with Crippen LogP contribution in [0.15, 0.2) is 0 Å². The summed E-state index contributed by atoms with van der Waals surface area (Å²) in [6, 6.07) is -0.773. The molecule has 0 spiro atoms. The number of aliphatic carboxylic acids is 1. The molecule has 1 rings (SSSR count). The average Bonchev–Trinajstić information content (AvgIpc) is 2.43. The van der Waals surface area contributed by atoms with E-state index in [1.807, 2.05) is 13.8 Å². The van der Waals surface area contributed by atoms with Crippen molar-refractivity contribution in [3.05, 3.63) is 0 Å². The van der Waals surface area contributed by atoms with Gasteiger partial charge in [0.25, 0.3) is 0 Å². The van der Waals surface area contributed by atoms with E-state index in [9.17, 15) is 14.7 Å². The molecule has 5 heteroatoms. The molecule has 0 aliphatic heterocycles. The van der Waals surface area contributed by atoms with Crippen LogP contribution >= 0.6 is 0 Å². The van der Waals surface area contributed by atoms with Gasteiger partial charge in [-0.05, 0) is 44.1 Å². The van der Waals surface area contributed by atoms with Crippen LogP contribution in [0.5, 0.6) is 0 Å². The van der Waals surface area contributed by atoms with Gasteiger partial charge in [0.1, 0.15) is 6.04 Å². The fraction of sp³-hybridized carbons (Fsp3) is 0.857. The number of hydrogen-bond donors (Lipinski definition) is 3. The monoisotopic (exact) mass is 270 g/mol. The van der Waals surface area contributed by atoms with Crippen LogP contribution in [0.3, 0.4) is 0 Å². The van der Waals surface area contributed by atoms with Gasteiger partial charge in [0.05, 0.1) is 0 Å². The van der Waals surface area contributed by atoms with Crippen molar-refractivity contribution in [3.63, 3.8) is 0 Å². The van der Waals surface area contributed by atoms with Crippen LogP contribution in [0.1, 0.15) is 46.0 Å². The molecular weight excluding hydrogens is 244 g/mol. The highest BCUT2D eigenvalue weighted by Gasteiger charge is 2.30. The Balaban J connectivity index is 2.51. The van der Waals surface area contributed by atoms with Crippen LogP contribution in [0.2, 0.25) is 0 Å². The Morgan fingerprint density at radius 3 is 2.32 bits per heavy atom. The maximum atomic E-state index is 12.1. The molecule has 0 saturated heterocycles. The summed E-state index contributed by atoms with van der Waals surface area (Å²) < 4.78 is 0. The molecular formula is C14H26N2O3. The maximum absolute atomic E-state index is 12.1. The van der Waals surface area contributed by atoms with Crippen molar-refractivity contribution < 1.29 is 14.7 Å². The second-order valence-electron chi connectivity index (χ2n) is 5.66. The fourth-order valence-corrected chi connectivity index (χ4v) is 2.61.